The number of hydrogen-bond donors (Lipinski definition) is 1. The molecule has 3 unspecified atom stereocenters. The fraction of sp³-hybridized carbons (Fsp3) is 0.294. The molecule has 2 nitrogen and oxygen atoms in total. The highest BCUT2D eigenvalue weighted by atomic mass is 35.5. The molecule has 1 aliphatic rings. The number of nitrogens with one attached hydrogen (secondary N) is 1. The molecule has 0 fully saturated rings. The molecule has 0 aliphatic heterocycles. The molecule has 0 heterocycles. The van der Waals surface area contributed by atoms with Crippen LogP contribution in [0.2, 0.25) is 5.02 Å². The molecule has 0 amide bonds. The van der Waals surface area contributed by atoms with E-state index in [9.17, 15) is 4.21 Å². The summed E-state index contributed by atoms with van der Waals surface area (Å²) in [6.45, 7) is 0. The summed E-state index contributed by atoms with van der Waals surface area (Å²) in [5.74, 6) is 0. The third kappa shape index (κ3) is 2.78. The van der Waals surface area contributed by atoms with E-state index in [1.165, 1.54) is 11.1 Å². The van der Waals surface area contributed by atoms with Gasteiger partial charge in [0, 0.05) is 6.04 Å². The number of fused-ring (bicyclic) bond motifs is 1. The highest BCUT2D eigenvalue weighted by Gasteiger charge is 2.33. The quantitative estimate of drug-likeness (QED) is 0.934. The lowest BCUT2D eigenvalue weighted by Gasteiger charge is -2.33. The van der Waals surface area contributed by atoms with E-state index in [2.05, 4.69) is 23.5 Å². The summed E-state index contributed by atoms with van der Waals surface area (Å²) >= 11 is 6.22. The lowest BCUT2D eigenvalue weighted by atomic mass is 9.87. The normalized spacial score (nSPS) is 22.6. The van der Waals surface area contributed by atoms with Gasteiger partial charge in [-0.2, -0.15) is 0 Å². The first-order valence-electron chi connectivity index (χ1n) is 7.12. The topological polar surface area (TPSA) is 29.1 Å². The van der Waals surface area contributed by atoms with E-state index in [0.717, 1.165) is 17.7 Å². The van der Waals surface area contributed by atoms with E-state index in [1.54, 1.807) is 6.07 Å². The van der Waals surface area contributed by atoms with Crippen LogP contribution in [0.3, 0.4) is 0 Å². The Morgan fingerprint density at radius 2 is 1.86 bits per heavy atom. The Bertz CT molecular complexity index is 673. The van der Waals surface area contributed by atoms with E-state index >= 15 is 0 Å². The summed E-state index contributed by atoms with van der Waals surface area (Å²) in [5.41, 5.74) is 2.61. The van der Waals surface area contributed by atoms with Gasteiger partial charge in [-0.3, -0.25) is 4.21 Å². The summed E-state index contributed by atoms with van der Waals surface area (Å²) in [6, 6.07) is 15.9. The van der Waals surface area contributed by atoms with Crippen molar-refractivity contribution in [3.05, 3.63) is 64.7 Å². The minimum Gasteiger partial charge on any atom is -0.312 e. The van der Waals surface area contributed by atoms with Crippen molar-refractivity contribution in [1.29, 1.82) is 0 Å². The second kappa shape index (κ2) is 6.30. The van der Waals surface area contributed by atoms with Crippen LogP contribution in [0, 0.1) is 0 Å². The molecule has 3 atom stereocenters. The third-order valence-electron chi connectivity index (χ3n) is 4.10. The largest absolute Gasteiger partial charge is 0.312 e. The second-order valence-corrected chi connectivity index (χ2v) is 7.32. The summed E-state index contributed by atoms with van der Waals surface area (Å²) in [7, 11) is 0.821. The van der Waals surface area contributed by atoms with Gasteiger partial charge in [-0.25, -0.2) is 0 Å². The summed E-state index contributed by atoms with van der Waals surface area (Å²) in [4.78, 5) is 0.740. The van der Waals surface area contributed by atoms with Crippen LogP contribution in [0.4, 0.5) is 0 Å². The number of benzene rings is 2. The first-order chi connectivity index (χ1) is 10.2. The Morgan fingerprint density at radius 1 is 1.14 bits per heavy atom. The molecule has 2 aromatic rings. The molecule has 0 radical (unpaired) electrons. The van der Waals surface area contributed by atoms with Gasteiger partial charge in [-0.15, -0.1) is 0 Å². The van der Waals surface area contributed by atoms with Crippen molar-refractivity contribution < 1.29 is 4.21 Å². The van der Waals surface area contributed by atoms with Crippen molar-refractivity contribution in [2.24, 2.45) is 0 Å². The Balaban J connectivity index is 1.96. The van der Waals surface area contributed by atoms with Crippen LogP contribution in [0.5, 0.6) is 0 Å². The van der Waals surface area contributed by atoms with Crippen LogP contribution < -0.4 is 5.32 Å². The minimum absolute atomic E-state index is 0.0461. The maximum absolute atomic E-state index is 13.0. The molecule has 1 N–H and O–H groups in total. The monoisotopic (exact) mass is 319 g/mol. The first kappa shape index (κ1) is 14.8. The number of halogens is 1. The van der Waals surface area contributed by atoms with Gasteiger partial charge in [0.1, 0.15) is 0 Å². The lowest BCUT2D eigenvalue weighted by molar-refractivity contribution is 0.497. The van der Waals surface area contributed by atoms with Gasteiger partial charge in [0.15, 0.2) is 0 Å². The van der Waals surface area contributed by atoms with Crippen molar-refractivity contribution in [1.82, 2.24) is 5.32 Å². The van der Waals surface area contributed by atoms with Gasteiger partial charge in [-0.05, 0) is 43.1 Å². The molecule has 0 aromatic heterocycles. The maximum Gasteiger partial charge on any atom is 0.0595 e. The molecule has 1 aliphatic carbocycles. The summed E-state index contributed by atoms with van der Waals surface area (Å²) < 4.78 is 13.0. The van der Waals surface area contributed by atoms with Crippen LogP contribution in [-0.4, -0.2) is 16.5 Å². The van der Waals surface area contributed by atoms with E-state index in [1.807, 2.05) is 31.3 Å². The average Bonchev–Trinajstić information content (AvgIpc) is 2.53. The molecular formula is C17H18ClNOS. The first-order valence-corrected chi connectivity index (χ1v) is 8.71. The van der Waals surface area contributed by atoms with E-state index in [4.69, 9.17) is 11.6 Å². The molecular weight excluding hydrogens is 302 g/mol. The molecule has 0 bridgehead atoms. The van der Waals surface area contributed by atoms with E-state index < -0.39 is 10.8 Å². The molecule has 0 saturated carbocycles. The van der Waals surface area contributed by atoms with Gasteiger partial charge in [-0.1, -0.05) is 48.0 Å². The Hall–Kier alpha value is -1.16. The van der Waals surface area contributed by atoms with Crippen molar-refractivity contribution >= 4 is 22.4 Å². The predicted octanol–water partition coefficient (Wildman–Crippen LogP) is 3.72. The number of aryl methyl sites for hydroxylation is 1. The molecule has 21 heavy (non-hydrogen) atoms. The number of rotatable bonds is 3. The summed E-state index contributed by atoms with van der Waals surface area (Å²) in [5, 5.41) is 3.98. The Labute approximate surface area is 133 Å². The second-order valence-electron chi connectivity index (χ2n) is 5.27. The van der Waals surface area contributed by atoms with Crippen LogP contribution in [0.25, 0.3) is 0 Å². The van der Waals surface area contributed by atoms with Crippen molar-refractivity contribution in [2.45, 2.75) is 29.0 Å². The van der Waals surface area contributed by atoms with Crippen LogP contribution in [-0.2, 0) is 17.2 Å². The standard InChI is InChI=1S/C17H18ClNOS/c1-19-17-13-7-3-2-6-12(13)10-11-16(17)21(20)15-9-5-4-8-14(15)18/h2-9,16-17,19H,10-11H2,1H3. The zero-order valence-electron chi connectivity index (χ0n) is 11.9. The fourth-order valence-electron chi connectivity index (χ4n) is 3.07. The zero-order valence-corrected chi connectivity index (χ0v) is 13.5. The van der Waals surface area contributed by atoms with Crippen LogP contribution in [0.1, 0.15) is 23.6 Å². The molecule has 110 valence electrons. The molecule has 3 rings (SSSR count). The smallest absolute Gasteiger partial charge is 0.0595 e. The lowest BCUT2D eigenvalue weighted by Crippen LogP contribution is -2.37. The summed E-state index contributed by atoms with van der Waals surface area (Å²) in [6.07, 6.45) is 1.87. The number of hydrogen-bond acceptors (Lipinski definition) is 2. The predicted molar refractivity (Wildman–Crippen MR) is 88.2 cm³/mol. The van der Waals surface area contributed by atoms with Gasteiger partial charge in [0.25, 0.3) is 0 Å². The highest BCUT2D eigenvalue weighted by Crippen LogP contribution is 2.35. The molecule has 0 saturated heterocycles. The van der Waals surface area contributed by atoms with Gasteiger partial charge >= 0.3 is 0 Å². The molecule has 4 heteroatoms. The minimum atomic E-state index is -1.11. The van der Waals surface area contributed by atoms with Gasteiger partial charge < -0.3 is 5.32 Å². The van der Waals surface area contributed by atoms with Crippen molar-refractivity contribution in [3.8, 4) is 0 Å². The SMILES string of the molecule is CNC1c2ccccc2CCC1S(=O)c1ccccc1Cl. The maximum atomic E-state index is 13.0. The average molecular weight is 320 g/mol. The highest BCUT2D eigenvalue weighted by molar-refractivity contribution is 7.85. The Kier molecular flexibility index (Phi) is 4.43. The van der Waals surface area contributed by atoms with E-state index in [-0.39, 0.29) is 11.3 Å². The van der Waals surface area contributed by atoms with Gasteiger partial charge in [0.2, 0.25) is 0 Å². The van der Waals surface area contributed by atoms with Crippen molar-refractivity contribution in [3.63, 3.8) is 0 Å². The third-order valence-corrected chi connectivity index (χ3v) is 6.39. The Morgan fingerprint density at radius 3 is 2.62 bits per heavy atom. The van der Waals surface area contributed by atoms with Gasteiger partial charge in [0.05, 0.1) is 26.0 Å². The molecule has 0 spiro atoms. The van der Waals surface area contributed by atoms with E-state index in [0.29, 0.717) is 5.02 Å². The van der Waals surface area contributed by atoms with Crippen molar-refractivity contribution in [2.75, 3.05) is 7.05 Å². The van der Waals surface area contributed by atoms with Crippen LogP contribution in [0.15, 0.2) is 53.4 Å². The molecule has 2 aromatic carbocycles. The fourth-order valence-corrected chi connectivity index (χ4v) is 5.10. The zero-order chi connectivity index (χ0) is 14.8. The van der Waals surface area contributed by atoms with Crippen LogP contribution >= 0.6 is 11.6 Å².